The lowest BCUT2D eigenvalue weighted by molar-refractivity contribution is 0.140. The van der Waals surface area contributed by atoms with Crippen molar-refractivity contribution in [3.63, 3.8) is 0 Å². The first kappa shape index (κ1) is 19.0. The first-order valence-electron chi connectivity index (χ1n) is 9.31. The molecule has 0 unspecified atom stereocenters. The van der Waals surface area contributed by atoms with Gasteiger partial charge in [0.25, 0.3) is 0 Å². The third-order valence-corrected chi connectivity index (χ3v) is 4.89. The molecule has 5 nitrogen and oxygen atoms in total. The van der Waals surface area contributed by atoms with Crippen molar-refractivity contribution in [3.8, 4) is 0 Å². The zero-order chi connectivity index (χ0) is 19.1. The quantitative estimate of drug-likeness (QED) is 0.494. The SMILES string of the molecule is C[C@](CO)(CNC(=O)NCCc1c[nH]c2ccccc12)Cc1ccccc1. The van der Waals surface area contributed by atoms with Crippen LogP contribution in [0.5, 0.6) is 0 Å². The second kappa shape index (κ2) is 8.73. The summed E-state index contributed by atoms with van der Waals surface area (Å²) < 4.78 is 0. The highest BCUT2D eigenvalue weighted by Crippen LogP contribution is 2.21. The Morgan fingerprint density at radius 3 is 2.59 bits per heavy atom. The zero-order valence-electron chi connectivity index (χ0n) is 15.7. The van der Waals surface area contributed by atoms with Gasteiger partial charge in [0.1, 0.15) is 0 Å². The molecule has 27 heavy (non-hydrogen) atoms. The molecule has 0 bridgehead atoms. The number of aromatic amines is 1. The number of nitrogens with one attached hydrogen (secondary N) is 3. The van der Waals surface area contributed by atoms with Crippen LogP contribution in [-0.4, -0.2) is 35.8 Å². The molecule has 0 aliphatic rings. The Labute approximate surface area is 159 Å². The predicted molar refractivity (Wildman–Crippen MR) is 109 cm³/mol. The first-order valence-corrected chi connectivity index (χ1v) is 9.31. The van der Waals surface area contributed by atoms with Gasteiger partial charge in [0.05, 0.1) is 6.61 Å². The topological polar surface area (TPSA) is 77.2 Å². The Balaban J connectivity index is 1.46. The summed E-state index contributed by atoms with van der Waals surface area (Å²) in [7, 11) is 0. The molecule has 1 atom stereocenters. The Kier molecular flexibility index (Phi) is 6.14. The third-order valence-electron chi connectivity index (χ3n) is 4.89. The summed E-state index contributed by atoms with van der Waals surface area (Å²) in [6, 6.07) is 17.9. The number of fused-ring (bicyclic) bond motifs is 1. The van der Waals surface area contributed by atoms with E-state index in [4.69, 9.17) is 0 Å². The average Bonchev–Trinajstić information content (AvgIpc) is 3.10. The first-order chi connectivity index (χ1) is 13.1. The molecular weight excluding hydrogens is 338 g/mol. The van der Waals surface area contributed by atoms with Crippen molar-refractivity contribution in [1.29, 1.82) is 0 Å². The van der Waals surface area contributed by atoms with Crippen molar-refractivity contribution in [3.05, 3.63) is 71.9 Å². The standard InChI is InChI=1S/C22H27N3O2/c1-22(16-26,13-17-7-3-2-4-8-17)15-25-21(27)23-12-11-18-14-24-20-10-6-5-9-19(18)20/h2-10,14,24,26H,11-13,15-16H2,1H3,(H2,23,25,27)/t22-/m1/s1. The second-order valence-corrected chi connectivity index (χ2v) is 7.35. The molecule has 142 valence electrons. The summed E-state index contributed by atoms with van der Waals surface area (Å²) in [6.07, 6.45) is 3.46. The number of rotatable bonds is 8. The van der Waals surface area contributed by atoms with E-state index in [-0.39, 0.29) is 12.6 Å². The van der Waals surface area contributed by atoms with Gasteiger partial charge in [-0.1, -0.05) is 55.5 Å². The molecule has 3 rings (SSSR count). The van der Waals surface area contributed by atoms with Crippen LogP contribution in [0.25, 0.3) is 10.9 Å². The fourth-order valence-corrected chi connectivity index (χ4v) is 3.27. The Bertz CT molecular complexity index is 875. The van der Waals surface area contributed by atoms with Crippen molar-refractivity contribution in [2.45, 2.75) is 19.8 Å². The molecule has 1 aromatic heterocycles. The maximum Gasteiger partial charge on any atom is 0.314 e. The van der Waals surface area contributed by atoms with Gasteiger partial charge in [-0.15, -0.1) is 0 Å². The average molecular weight is 365 g/mol. The van der Waals surface area contributed by atoms with Gasteiger partial charge in [-0.25, -0.2) is 4.79 Å². The third kappa shape index (κ3) is 5.11. The van der Waals surface area contributed by atoms with E-state index in [2.05, 4.69) is 21.7 Å². The molecule has 0 spiro atoms. The zero-order valence-corrected chi connectivity index (χ0v) is 15.7. The van der Waals surface area contributed by atoms with Crippen LogP contribution in [0.4, 0.5) is 4.79 Å². The molecule has 3 aromatic rings. The molecule has 0 saturated heterocycles. The van der Waals surface area contributed by atoms with Gasteiger partial charge < -0.3 is 20.7 Å². The maximum absolute atomic E-state index is 12.1. The number of urea groups is 1. The van der Waals surface area contributed by atoms with E-state index in [1.165, 1.54) is 10.9 Å². The minimum atomic E-state index is -0.393. The van der Waals surface area contributed by atoms with Crippen LogP contribution < -0.4 is 10.6 Å². The minimum Gasteiger partial charge on any atom is -0.396 e. The molecule has 0 aliphatic carbocycles. The smallest absolute Gasteiger partial charge is 0.314 e. The summed E-state index contributed by atoms with van der Waals surface area (Å²) >= 11 is 0. The highest BCUT2D eigenvalue weighted by molar-refractivity contribution is 5.83. The molecule has 0 radical (unpaired) electrons. The molecule has 0 saturated carbocycles. The largest absolute Gasteiger partial charge is 0.396 e. The molecule has 0 aliphatic heterocycles. The van der Waals surface area contributed by atoms with Crippen molar-refractivity contribution < 1.29 is 9.90 Å². The summed E-state index contributed by atoms with van der Waals surface area (Å²) in [4.78, 5) is 15.4. The summed E-state index contributed by atoms with van der Waals surface area (Å²) in [5.41, 5.74) is 3.05. The summed E-state index contributed by atoms with van der Waals surface area (Å²) in [5, 5.41) is 16.8. The van der Waals surface area contributed by atoms with E-state index in [1.54, 1.807) is 0 Å². The Morgan fingerprint density at radius 1 is 1.07 bits per heavy atom. The van der Waals surface area contributed by atoms with Crippen LogP contribution in [0.1, 0.15) is 18.1 Å². The van der Waals surface area contributed by atoms with Gasteiger partial charge in [0.2, 0.25) is 0 Å². The number of H-pyrrole nitrogens is 1. The number of hydrogen-bond donors (Lipinski definition) is 4. The van der Waals surface area contributed by atoms with Crippen molar-refractivity contribution in [2.24, 2.45) is 5.41 Å². The minimum absolute atomic E-state index is 0.0114. The number of amides is 2. The number of benzene rings is 2. The van der Waals surface area contributed by atoms with Crippen molar-refractivity contribution in [1.82, 2.24) is 15.6 Å². The van der Waals surface area contributed by atoms with Crippen LogP contribution in [0.2, 0.25) is 0 Å². The number of aliphatic hydroxyl groups is 1. The van der Waals surface area contributed by atoms with Crippen LogP contribution in [0.15, 0.2) is 60.8 Å². The molecule has 4 N–H and O–H groups in total. The van der Waals surface area contributed by atoms with Gasteiger partial charge in [-0.2, -0.15) is 0 Å². The van der Waals surface area contributed by atoms with Gasteiger partial charge >= 0.3 is 6.03 Å². The van der Waals surface area contributed by atoms with Gasteiger partial charge in [-0.3, -0.25) is 0 Å². The molecule has 5 heteroatoms. The number of para-hydroxylation sites is 1. The summed E-state index contributed by atoms with van der Waals surface area (Å²) in [6.45, 7) is 2.96. The molecule has 0 fully saturated rings. The summed E-state index contributed by atoms with van der Waals surface area (Å²) in [5.74, 6) is 0. The van der Waals surface area contributed by atoms with E-state index in [0.29, 0.717) is 19.5 Å². The maximum atomic E-state index is 12.1. The van der Waals surface area contributed by atoms with E-state index >= 15 is 0 Å². The Morgan fingerprint density at radius 2 is 1.81 bits per heavy atom. The number of hydrogen-bond acceptors (Lipinski definition) is 2. The fourth-order valence-electron chi connectivity index (χ4n) is 3.27. The van der Waals surface area contributed by atoms with E-state index in [0.717, 1.165) is 17.5 Å². The lowest BCUT2D eigenvalue weighted by atomic mass is 9.84. The van der Waals surface area contributed by atoms with E-state index in [1.807, 2.05) is 61.7 Å². The fraction of sp³-hybridized carbons (Fsp3) is 0.318. The molecule has 1 heterocycles. The number of aliphatic hydroxyl groups excluding tert-OH is 1. The van der Waals surface area contributed by atoms with Gasteiger partial charge in [-0.05, 0) is 30.0 Å². The number of carbonyl (C=O) groups is 1. The lowest BCUT2D eigenvalue weighted by Crippen LogP contribution is -2.44. The van der Waals surface area contributed by atoms with Gasteiger partial charge in [0, 0.05) is 35.6 Å². The van der Waals surface area contributed by atoms with Crippen LogP contribution in [0, 0.1) is 5.41 Å². The Hall–Kier alpha value is -2.79. The van der Waals surface area contributed by atoms with Crippen molar-refractivity contribution >= 4 is 16.9 Å². The number of carbonyl (C=O) groups excluding carboxylic acids is 1. The molecule has 2 aromatic carbocycles. The molecular formula is C22H27N3O2. The van der Waals surface area contributed by atoms with Crippen LogP contribution in [0.3, 0.4) is 0 Å². The van der Waals surface area contributed by atoms with Crippen molar-refractivity contribution in [2.75, 3.05) is 19.7 Å². The normalized spacial score (nSPS) is 13.3. The van der Waals surface area contributed by atoms with Crippen LogP contribution in [-0.2, 0) is 12.8 Å². The van der Waals surface area contributed by atoms with Crippen LogP contribution >= 0.6 is 0 Å². The number of aromatic nitrogens is 1. The monoisotopic (exact) mass is 365 g/mol. The van der Waals surface area contributed by atoms with Gasteiger partial charge in [0.15, 0.2) is 0 Å². The highest BCUT2D eigenvalue weighted by atomic mass is 16.3. The lowest BCUT2D eigenvalue weighted by Gasteiger charge is -2.27. The van der Waals surface area contributed by atoms with E-state index in [9.17, 15) is 9.90 Å². The van der Waals surface area contributed by atoms with E-state index < -0.39 is 5.41 Å². The highest BCUT2D eigenvalue weighted by Gasteiger charge is 2.24. The second-order valence-electron chi connectivity index (χ2n) is 7.35. The molecule has 2 amide bonds. The predicted octanol–water partition coefficient (Wildman–Crippen LogP) is 3.25.